The van der Waals surface area contributed by atoms with E-state index < -0.39 is 0 Å². The summed E-state index contributed by atoms with van der Waals surface area (Å²) in [5.74, 6) is 0.202. The fourth-order valence-electron chi connectivity index (χ4n) is 2.40. The van der Waals surface area contributed by atoms with E-state index in [0.29, 0.717) is 5.92 Å². The molecule has 18 heavy (non-hydrogen) atoms. The molecule has 2 unspecified atom stereocenters. The van der Waals surface area contributed by atoms with Crippen molar-refractivity contribution in [3.05, 3.63) is 35.1 Å². The monoisotopic (exact) mass is 253 g/mol. The van der Waals surface area contributed by atoms with Crippen molar-refractivity contribution in [1.29, 1.82) is 0 Å². The smallest absolute Gasteiger partial charge is 0.123 e. The third-order valence-electron chi connectivity index (χ3n) is 3.25. The zero-order chi connectivity index (χ0) is 13.7. The first-order chi connectivity index (χ1) is 8.51. The summed E-state index contributed by atoms with van der Waals surface area (Å²) >= 11 is 0. The maximum absolute atomic E-state index is 13.2. The molecule has 0 aliphatic carbocycles. The lowest BCUT2D eigenvalue weighted by molar-refractivity contribution is 0.0329. The Labute approximate surface area is 110 Å². The minimum absolute atomic E-state index is 0.0779. The van der Waals surface area contributed by atoms with Crippen LogP contribution in [0.3, 0.4) is 0 Å². The van der Waals surface area contributed by atoms with Crippen molar-refractivity contribution in [1.82, 2.24) is 5.32 Å². The maximum Gasteiger partial charge on any atom is 0.123 e. The molecule has 0 heterocycles. The van der Waals surface area contributed by atoms with E-state index in [1.54, 1.807) is 13.2 Å². The summed E-state index contributed by atoms with van der Waals surface area (Å²) in [7, 11) is 1.73. The normalized spacial score (nSPS) is 14.8. The quantitative estimate of drug-likeness (QED) is 0.838. The molecule has 102 valence electrons. The summed E-state index contributed by atoms with van der Waals surface area (Å²) in [4.78, 5) is 0. The van der Waals surface area contributed by atoms with Gasteiger partial charge in [-0.3, -0.25) is 0 Å². The highest BCUT2D eigenvalue weighted by atomic mass is 19.1. The van der Waals surface area contributed by atoms with Gasteiger partial charge in [0.25, 0.3) is 0 Å². The first-order valence-electron chi connectivity index (χ1n) is 6.53. The third-order valence-corrected chi connectivity index (χ3v) is 3.25. The first-order valence-corrected chi connectivity index (χ1v) is 6.53. The predicted octanol–water partition coefficient (Wildman–Crippen LogP) is 3.46. The van der Waals surface area contributed by atoms with E-state index in [9.17, 15) is 4.39 Å². The SMILES string of the molecule is CCNC(c1ccc(F)cc1C)C(OC)C(C)C. The number of methoxy groups -OCH3 is 1. The molecule has 1 N–H and O–H groups in total. The van der Waals surface area contributed by atoms with Crippen LogP contribution < -0.4 is 5.32 Å². The lowest BCUT2D eigenvalue weighted by Gasteiger charge is -2.31. The van der Waals surface area contributed by atoms with Gasteiger partial charge in [0.15, 0.2) is 0 Å². The van der Waals surface area contributed by atoms with E-state index in [-0.39, 0.29) is 18.0 Å². The molecule has 0 radical (unpaired) electrons. The van der Waals surface area contributed by atoms with Crippen LogP contribution >= 0.6 is 0 Å². The molecule has 0 amide bonds. The molecule has 0 saturated carbocycles. The van der Waals surface area contributed by atoms with Gasteiger partial charge in [-0.25, -0.2) is 4.39 Å². The lowest BCUT2D eigenvalue weighted by atomic mass is 9.91. The van der Waals surface area contributed by atoms with Crippen molar-refractivity contribution in [2.24, 2.45) is 5.92 Å². The Morgan fingerprint density at radius 3 is 2.44 bits per heavy atom. The van der Waals surface area contributed by atoms with E-state index in [4.69, 9.17) is 4.74 Å². The van der Waals surface area contributed by atoms with Crippen molar-refractivity contribution in [3.8, 4) is 0 Å². The fraction of sp³-hybridized carbons (Fsp3) is 0.600. The summed E-state index contributed by atoms with van der Waals surface area (Å²) in [6.07, 6.45) is 0.0779. The first kappa shape index (κ1) is 15.1. The molecule has 1 aromatic rings. The number of aryl methyl sites for hydroxylation is 1. The lowest BCUT2D eigenvalue weighted by Crippen LogP contribution is -2.37. The van der Waals surface area contributed by atoms with Gasteiger partial charge in [-0.2, -0.15) is 0 Å². The number of ether oxygens (including phenoxy) is 1. The second kappa shape index (κ2) is 6.86. The van der Waals surface area contributed by atoms with E-state index in [0.717, 1.165) is 17.7 Å². The summed E-state index contributed by atoms with van der Waals surface area (Å²) < 4.78 is 18.8. The van der Waals surface area contributed by atoms with Crippen LogP contribution in [0.2, 0.25) is 0 Å². The molecule has 2 atom stereocenters. The van der Waals surface area contributed by atoms with Gasteiger partial charge in [0, 0.05) is 7.11 Å². The van der Waals surface area contributed by atoms with Crippen molar-refractivity contribution in [3.63, 3.8) is 0 Å². The van der Waals surface area contributed by atoms with E-state index in [1.165, 1.54) is 6.07 Å². The molecule has 2 nitrogen and oxygen atoms in total. The van der Waals surface area contributed by atoms with E-state index in [2.05, 4.69) is 26.1 Å². The van der Waals surface area contributed by atoms with Crippen LogP contribution in [0, 0.1) is 18.7 Å². The van der Waals surface area contributed by atoms with Gasteiger partial charge < -0.3 is 10.1 Å². The highest BCUT2D eigenvalue weighted by Crippen LogP contribution is 2.27. The molecule has 0 spiro atoms. The Balaban J connectivity index is 3.10. The summed E-state index contributed by atoms with van der Waals surface area (Å²) in [5.41, 5.74) is 2.07. The molecule has 0 fully saturated rings. The van der Waals surface area contributed by atoms with Gasteiger partial charge in [0.05, 0.1) is 12.1 Å². The van der Waals surface area contributed by atoms with Gasteiger partial charge in [0.1, 0.15) is 5.82 Å². The largest absolute Gasteiger partial charge is 0.379 e. The minimum atomic E-state index is -0.190. The molecule has 0 aromatic heterocycles. The van der Waals surface area contributed by atoms with Crippen molar-refractivity contribution < 1.29 is 9.13 Å². The molecule has 1 rings (SSSR count). The third kappa shape index (κ3) is 3.53. The maximum atomic E-state index is 13.2. The highest BCUT2D eigenvalue weighted by molar-refractivity contribution is 5.30. The minimum Gasteiger partial charge on any atom is -0.379 e. The van der Waals surface area contributed by atoms with Gasteiger partial charge in [-0.05, 0) is 42.6 Å². The van der Waals surface area contributed by atoms with Crippen LogP contribution in [0.1, 0.15) is 37.9 Å². The Hall–Kier alpha value is -0.930. The van der Waals surface area contributed by atoms with E-state index in [1.807, 2.05) is 13.0 Å². The predicted molar refractivity (Wildman–Crippen MR) is 73.2 cm³/mol. The molecule has 0 aliphatic rings. The molecule has 0 saturated heterocycles. The van der Waals surface area contributed by atoms with Gasteiger partial charge in [-0.15, -0.1) is 0 Å². The Kier molecular flexibility index (Phi) is 5.76. The van der Waals surface area contributed by atoms with Gasteiger partial charge in [-0.1, -0.05) is 26.8 Å². The molecular weight excluding hydrogens is 229 g/mol. The fourth-order valence-corrected chi connectivity index (χ4v) is 2.40. The zero-order valence-electron chi connectivity index (χ0n) is 12.0. The highest BCUT2D eigenvalue weighted by Gasteiger charge is 2.26. The molecule has 1 aromatic carbocycles. The number of benzene rings is 1. The number of hydrogen-bond acceptors (Lipinski definition) is 2. The van der Waals surface area contributed by atoms with Crippen LogP contribution in [0.15, 0.2) is 18.2 Å². The Morgan fingerprint density at radius 1 is 1.33 bits per heavy atom. The summed E-state index contributed by atoms with van der Waals surface area (Å²) in [5, 5.41) is 3.44. The van der Waals surface area contributed by atoms with Crippen LogP contribution in [0.25, 0.3) is 0 Å². The summed E-state index contributed by atoms with van der Waals surface area (Å²) in [6, 6.07) is 5.04. The van der Waals surface area contributed by atoms with Crippen molar-refractivity contribution in [2.75, 3.05) is 13.7 Å². The van der Waals surface area contributed by atoms with Crippen molar-refractivity contribution >= 4 is 0 Å². The number of hydrogen-bond donors (Lipinski definition) is 1. The zero-order valence-corrected chi connectivity index (χ0v) is 12.0. The molecule has 3 heteroatoms. The number of likely N-dealkylation sites (N-methyl/N-ethyl adjacent to an activating group) is 1. The van der Waals surface area contributed by atoms with Crippen LogP contribution in [0.5, 0.6) is 0 Å². The molecule has 0 aliphatic heterocycles. The topological polar surface area (TPSA) is 21.3 Å². The van der Waals surface area contributed by atoms with Crippen LogP contribution in [-0.4, -0.2) is 19.8 Å². The van der Waals surface area contributed by atoms with Crippen LogP contribution in [-0.2, 0) is 4.74 Å². The molecule has 0 bridgehead atoms. The number of nitrogens with one attached hydrogen (secondary N) is 1. The Bertz CT molecular complexity index is 379. The van der Waals surface area contributed by atoms with Gasteiger partial charge >= 0.3 is 0 Å². The average Bonchev–Trinajstić information content (AvgIpc) is 2.28. The van der Waals surface area contributed by atoms with Crippen LogP contribution in [0.4, 0.5) is 4.39 Å². The number of rotatable bonds is 6. The average molecular weight is 253 g/mol. The molecular formula is C15H24FNO. The van der Waals surface area contributed by atoms with Crippen molar-refractivity contribution in [2.45, 2.75) is 39.8 Å². The number of halogens is 1. The second-order valence-electron chi connectivity index (χ2n) is 4.98. The second-order valence-corrected chi connectivity index (χ2v) is 4.98. The standard InChI is InChI=1S/C15H24FNO/c1-6-17-14(15(18-5)10(2)3)13-8-7-12(16)9-11(13)4/h7-10,14-15,17H,6H2,1-5H3. The van der Waals surface area contributed by atoms with E-state index >= 15 is 0 Å². The van der Waals surface area contributed by atoms with Gasteiger partial charge in [0.2, 0.25) is 0 Å². The summed E-state index contributed by atoms with van der Waals surface area (Å²) in [6.45, 7) is 9.14. The Morgan fingerprint density at radius 2 is 2.00 bits per heavy atom.